The molecular formula is C20H26Li. The van der Waals surface area contributed by atoms with Gasteiger partial charge in [-0.25, -0.2) is 0 Å². The van der Waals surface area contributed by atoms with Gasteiger partial charge >= 0.3 is 0 Å². The molecule has 0 fully saturated rings. The van der Waals surface area contributed by atoms with E-state index in [4.69, 9.17) is 0 Å². The zero-order valence-electron chi connectivity index (χ0n) is 14.6. The zero-order valence-corrected chi connectivity index (χ0v) is 14.6. The van der Waals surface area contributed by atoms with Crippen LogP contribution in [0.15, 0.2) is 48.5 Å². The van der Waals surface area contributed by atoms with Crippen LogP contribution in [0.3, 0.4) is 0 Å². The third-order valence-corrected chi connectivity index (χ3v) is 3.84. The van der Waals surface area contributed by atoms with Crippen LogP contribution in [0, 0.1) is 0 Å². The Bertz CT molecular complexity index is 508. The second-order valence-corrected chi connectivity index (χ2v) is 7.65. The van der Waals surface area contributed by atoms with Crippen molar-refractivity contribution in [1.29, 1.82) is 0 Å². The van der Waals surface area contributed by atoms with Crippen LogP contribution in [0.25, 0.3) is 11.1 Å². The molecule has 0 saturated heterocycles. The minimum absolute atomic E-state index is 0. The van der Waals surface area contributed by atoms with Gasteiger partial charge in [-0.3, -0.25) is 0 Å². The first kappa shape index (κ1) is 18.1. The molecule has 0 heterocycles. The molecular weight excluding hydrogens is 247 g/mol. The first-order chi connectivity index (χ1) is 9.18. The molecule has 2 aromatic carbocycles. The molecule has 0 bridgehead atoms. The van der Waals surface area contributed by atoms with E-state index < -0.39 is 0 Å². The van der Waals surface area contributed by atoms with Crippen molar-refractivity contribution < 1.29 is 0 Å². The normalized spacial score (nSPS) is 11.9. The summed E-state index contributed by atoms with van der Waals surface area (Å²) in [5, 5.41) is 0. The Labute approximate surface area is 142 Å². The van der Waals surface area contributed by atoms with E-state index in [1.807, 2.05) is 0 Å². The summed E-state index contributed by atoms with van der Waals surface area (Å²) < 4.78 is 0. The topological polar surface area (TPSA) is 0 Å². The average molecular weight is 273 g/mol. The second-order valence-electron chi connectivity index (χ2n) is 7.65. The maximum Gasteiger partial charge on any atom is 0 e. The van der Waals surface area contributed by atoms with Crippen LogP contribution in [-0.2, 0) is 10.8 Å². The molecule has 21 heavy (non-hydrogen) atoms. The minimum atomic E-state index is 0. The Morgan fingerprint density at radius 3 is 0.905 bits per heavy atom. The molecule has 0 aliphatic heterocycles. The van der Waals surface area contributed by atoms with E-state index in [0.717, 1.165) is 0 Å². The molecule has 0 N–H and O–H groups in total. The molecule has 2 aromatic rings. The van der Waals surface area contributed by atoms with Crippen molar-refractivity contribution in [1.82, 2.24) is 0 Å². The number of rotatable bonds is 1. The summed E-state index contributed by atoms with van der Waals surface area (Å²) in [5.74, 6) is 0. The van der Waals surface area contributed by atoms with Crippen molar-refractivity contribution in [2.75, 3.05) is 0 Å². The van der Waals surface area contributed by atoms with Crippen molar-refractivity contribution in [3.8, 4) is 11.1 Å². The molecule has 0 aromatic heterocycles. The summed E-state index contributed by atoms with van der Waals surface area (Å²) in [6.45, 7) is 13.5. The number of hydrogen-bond donors (Lipinski definition) is 0. The predicted octanol–water partition coefficient (Wildman–Crippen LogP) is 5.57. The largest absolute Gasteiger partial charge is 0.0579 e. The Morgan fingerprint density at radius 1 is 0.476 bits per heavy atom. The summed E-state index contributed by atoms with van der Waals surface area (Å²) in [7, 11) is 0. The Kier molecular flexibility index (Phi) is 5.54. The molecule has 0 amide bonds. The van der Waals surface area contributed by atoms with E-state index in [1.54, 1.807) is 0 Å². The first-order valence-electron chi connectivity index (χ1n) is 7.39. The third-order valence-electron chi connectivity index (χ3n) is 3.84. The Balaban J connectivity index is 0.00000220. The number of benzene rings is 2. The Hall–Kier alpha value is -0.963. The molecule has 1 radical (unpaired) electrons. The number of hydrogen-bond acceptors (Lipinski definition) is 0. The second kappa shape index (κ2) is 6.43. The third kappa shape index (κ3) is 4.50. The fourth-order valence-corrected chi connectivity index (χ4v) is 2.33. The zero-order chi connectivity index (χ0) is 15.0. The molecule has 0 nitrogen and oxygen atoms in total. The summed E-state index contributed by atoms with van der Waals surface area (Å²) in [6, 6.07) is 17.9. The quantitative estimate of drug-likeness (QED) is 0.596. The summed E-state index contributed by atoms with van der Waals surface area (Å²) in [5.41, 5.74) is 5.78. The van der Waals surface area contributed by atoms with Gasteiger partial charge in [0.1, 0.15) is 0 Å². The van der Waals surface area contributed by atoms with Gasteiger partial charge in [0.2, 0.25) is 0 Å². The van der Waals surface area contributed by atoms with Gasteiger partial charge in [0.15, 0.2) is 0 Å². The van der Waals surface area contributed by atoms with Gasteiger partial charge in [0.05, 0.1) is 0 Å². The van der Waals surface area contributed by atoms with Crippen LogP contribution in [0.5, 0.6) is 0 Å². The molecule has 0 unspecified atom stereocenters. The van der Waals surface area contributed by atoms with E-state index in [-0.39, 0.29) is 29.7 Å². The molecule has 0 saturated carbocycles. The minimum Gasteiger partial charge on any atom is -0.0579 e. The molecule has 0 atom stereocenters. The fraction of sp³-hybridized carbons (Fsp3) is 0.400. The van der Waals surface area contributed by atoms with E-state index in [2.05, 4.69) is 90.1 Å². The monoisotopic (exact) mass is 273 g/mol. The van der Waals surface area contributed by atoms with Crippen molar-refractivity contribution in [2.24, 2.45) is 0 Å². The fourth-order valence-electron chi connectivity index (χ4n) is 2.33. The maximum atomic E-state index is 2.25. The van der Waals surface area contributed by atoms with Crippen molar-refractivity contribution in [2.45, 2.75) is 52.4 Å². The van der Waals surface area contributed by atoms with Gasteiger partial charge in [0, 0.05) is 18.9 Å². The molecule has 0 spiro atoms. The maximum absolute atomic E-state index is 2.25. The van der Waals surface area contributed by atoms with E-state index >= 15 is 0 Å². The van der Waals surface area contributed by atoms with E-state index in [1.165, 1.54) is 22.3 Å². The van der Waals surface area contributed by atoms with Gasteiger partial charge < -0.3 is 0 Å². The van der Waals surface area contributed by atoms with Crippen LogP contribution in [0.4, 0.5) is 0 Å². The van der Waals surface area contributed by atoms with Crippen LogP contribution < -0.4 is 0 Å². The standard InChI is InChI=1S/C20H26.Li/c1-19(2,3)17-11-7-15(8-12-17)16-9-13-18(14-10-16)20(4,5)6;/h7-14H,1-6H3;. The molecule has 107 valence electrons. The van der Waals surface area contributed by atoms with Crippen LogP contribution in [0.2, 0.25) is 0 Å². The Morgan fingerprint density at radius 2 is 0.714 bits per heavy atom. The molecule has 0 aliphatic rings. The van der Waals surface area contributed by atoms with E-state index in [9.17, 15) is 0 Å². The SMILES string of the molecule is CC(C)(C)c1ccc(-c2ccc(C(C)(C)C)cc2)cc1.[Li]. The summed E-state index contributed by atoms with van der Waals surface area (Å²) >= 11 is 0. The van der Waals surface area contributed by atoms with Crippen molar-refractivity contribution in [3.63, 3.8) is 0 Å². The van der Waals surface area contributed by atoms with Gasteiger partial charge in [-0.1, -0.05) is 90.1 Å². The van der Waals surface area contributed by atoms with Gasteiger partial charge in [-0.2, -0.15) is 0 Å². The first-order valence-corrected chi connectivity index (χ1v) is 7.39. The molecule has 2 rings (SSSR count). The van der Waals surface area contributed by atoms with Crippen molar-refractivity contribution >= 4 is 18.9 Å². The van der Waals surface area contributed by atoms with E-state index in [0.29, 0.717) is 0 Å². The van der Waals surface area contributed by atoms with Crippen molar-refractivity contribution in [3.05, 3.63) is 59.7 Å². The summed E-state index contributed by atoms with van der Waals surface area (Å²) in [6.07, 6.45) is 0. The molecule has 1 heteroatoms. The summed E-state index contributed by atoms with van der Waals surface area (Å²) in [4.78, 5) is 0. The van der Waals surface area contributed by atoms with Gasteiger partial charge in [0.25, 0.3) is 0 Å². The van der Waals surface area contributed by atoms with Gasteiger partial charge in [-0.05, 0) is 33.1 Å². The van der Waals surface area contributed by atoms with Crippen LogP contribution in [-0.4, -0.2) is 18.9 Å². The van der Waals surface area contributed by atoms with Crippen LogP contribution in [0.1, 0.15) is 52.7 Å². The molecule has 0 aliphatic carbocycles. The smallest absolute Gasteiger partial charge is 0 e. The predicted molar refractivity (Wildman–Crippen MR) is 95.0 cm³/mol. The van der Waals surface area contributed by atoms with Gasteiger partial charge in [-0.15, -0.1) is 0 Å². The van der Waals surface area contributed by atoms with Crippen LogP contribution >= 0.6 is 0 Å². The average Bonchev–Trinajstić information content (AvgIpc) is 2.37.